The van der Waals surface area contributed by atoms with E-state index >= 15 is 0 Å². The summed E-state index contributed by atoms with van der Waals surface area (Å²) in [5.74, 6) is -0.940. The Kier molecular flexibility index (Phi) is 7.64. The molecule has 1 aliphatic rings. The summed E-state index contributed by atoms with van der Waals surface area (Å²) in [5.41, 5.74) is 0. The van der Waals surface area contributed by atoms with Gasteiger partial charge in [0, 0.05) is 0 Å². The molecule has 0 aromatic rings. The first-order chi connectivity index (χ1) is 5.61. The van der Waals surface area contributed by atoms with Crippen molar-refractivity contribution in [2.75, 3.05) is 0 Å². The molecule has 0 aromatic carbocycles. The van der Waals surface area contributed by atoms with Gasteiger partial charge in [0.1, 0.15) is 0 Å². The molecule has 0 saturated heterocycles. The van der Waals surface area contributed by atoms with Gasteiger partial charge in [0.25, 0.3) is 0 Å². The number of hydrogen-bond donors (Lipinski definition) is 2. The third kappa shape index (κ3) is 4.09. The van der Waals surface area contributed by atoms with Crippen molar-refractivity contribution < 1.29 is 81.1 Å². The molecule has 0 saturated carbocycles. The summed E-state index contributed by atoms with van der Waals surface area (Å²) >= 11 is 5.75. The molecule has 64 valence electrons. The van der Waals surface area contributed by atoms with E-state index in [4.69, 9.17) is 5.11 Å². The van der Waals surface area contributed by atoms with E-state index in [9.17, 15) is 4.79 Å². The van der Waals surface area contributed by atoms with Gasteiger partial charge in [-0.05, 0) is 0 Å². The Morgan fingerprint density at radius 2 is 1.92 bits per heavy atom. The summed E-state index contributed by atoms with van der Waals surface area (Å²) in [4.78, 5) is 14.1. The van der Waals surface area contributed by atoms with Crippen molar-refractivity contribution >= 4 is 19.8 Å². The van der Waals surface area contributed by atoms with Crippen molar-refractivity contribution in [2.45, 2.75) is 0 Å². The fraction of sp³-hybridized carbons (Fsp3) is 0. The molecule has 2 N–H and O–H groups in total. The second kappa shape index (κ2) is 6.82. The van der Waals surface area contributed by atoms with Gasteiger partial charge in [-0.3, -0.25) is 0 Å². The number of aliphatic imine (C=N–C) groups is 1. The number of carboxylic acid groups (broad SMARTS) is 1. The number of rotatable bonds is 1. The fourth-order valence-electron chi connectivity index (χ4n) is 0.443. The number of hydrogen-bond acceptors (Lipinski definition) is 3. The number of nitrogens with zero attached hydrogens (tertiary/aromatic N) is 1. The zero-order valence-corrected chi connectivity index (χ0v) is 17.2. The molecule has 0 atom stereocenters. The van der Waals surface area contributed by atoms with Gasteiger partial charge in [0.05, 0.1) is 0 Å². The zero-order chi connectivity index (χ0) is 9.72. The molecule has 0 aliphatic carbocycles. The Morgan fingerprint density at radius 3 is 2.08 bits per heavy atom. The number of nitrogens with one attached hydrogen (secondary N) is 1. The molecule has 0 spiro atoms. The number of carboxylic acids is 1. The molecule has 8 heteroatoms. The maximum atomic E-state index is 10.3. The van der Waals surface area contributed by atoms with Gasteiger partial charge in [-0.25, -0.2) is 0 Å². The van der Waals surface area contributed by atoms with Crippen LogP contribution in [0.4, 0.5) is 0 Å². The van der Waals surface area contributed by atoms with E-state index in [1.54, 1.807) is 32.4 Å². The van der Waals surface area contributed by atoms with E-state index in [-0.39, 0.29) is 5.84 Å². The summed E-state index contributed by atoms with van der Waals surface area (Å²) in [6.45, 7) is 0. The predicted octanol–water partition coefficient (Wildman–Crippen LogP) is -1.58. The molecule has 1 rings (SSSR count). The van der Waals surface area contributed by atoms with Crippen LogP contribution in [0.25, 0.3) is 0 Å². The summed E-state index contributed by atoms with van der Waals surface area (Å²) in [7, 11) is 0. The van der Waals surface area contributed by atoms with Crippen LogP contribution in [0.15, 0.2) is 4.99 Å². The normalized spacial score (nSPS) is 14.2. The Balaban J connectivity index is 0.000000561. The van der Waals surface area contributed by atoms with Gasteiger partial charge < -0.3 is 0 Å². The molecule has 0 radical (unpaired) electrons. The molecule has 1 aliphatic heterocycles. The predicted molar refractivity (Wildman–Crippen MR) is 28.2 cm³/mol. The van der Waals surface area contributed by atoms with Crippen molar-refractivity contribution in [3.63, 3.8) is 0 Å². The SMILES string of the molecule is O=C(O)C1=N[C](=[W])[C](=[W])N1.[W]=[W]. The molecule has 0 aromatic heterocycles. The van der Waals surface area contributed by atoms with E-state index in [1.807, 2.05) is 0 Å². The topological polar surface area (TPSA) is 61.7 Å². The van der Waals surface area contributed by atoms with Gasteiger partial charge in [0.15, 0.2) is 0 Å². The van der Waals surface area contributed by atoms with Crippen molar-refractivity contribution in [3.8, 4) is 0 Å². The third-order valence-corrected chi connectivity index (χ3v) is 4.98. The first-order valence-corrected chi connectivity index (χ1v) is 16.4. The average molecular weight is 845 g/mol. The van der Waals surface area contributed by atoms with Gasteiger partial charge in [-0.2, -0.15) is 0 Å². The van der Waals surface area contributed by atoms with Crippen LogP contribution in [0, 0.1) is 0 Å². The monoisotopic (exact) mass is 846 g/mol. The molecule has 1 heterocycles. The molecular weight excluding hydrogens is 843 g/mol. The molecular formula is C4H2N2O2W4. The van der Waals surface area contributed by atoms with Gasteiger partial charge in [-0.1, -0.05) is 0 Å². The minimum atomic E-state index is -0.991. The van der Waals surface area contributed by atoms with E-state index in [0.29, 0.717) is 0 Å². The Morgan fingerprint density at radius 1 is 1.42 bits per heavy atom. The van der Waals surface area contributed by atoms with Crippen molar-refractivity contribution in [2.24, 2.45) is 4.99 Å². The van der Waals surface area contributed by atoms with Crippen LogP contribution >= 0.6 is 0 Å². The van der Waals surface area contributed by atoms with Crippen LogP contribution < -0.4 is 5.32 Å². The van der Waals surface area contributed by atoms with E-state index in [0.717, 1.165) is 8.04 Å². The van der Waals surface area contributed by atoms with Crippen molar-refractivity contribution in [1.29, 1.82) is 0 Å². The Hall–Kier alpha value is 1.43. The molecule has 4 nitrogen and oxygen atoms in total. The first-order valence-electron chi connectivity index (χ1n) is 2.45. The summed E-state index contributed by atoms with van der Waals surface area (Å²) < 4.78 is 1.78. The average Bonchev–Trinajstić information content (AvgIpc) is 2.36. The Bertz CT molecular complexity index is 274. The maximum absolute atomic E-state index is 10.3. The van der Waals surface area contributed by atoms with Gasteiger partial charge in [0.2, 0.25) is 0 Å². The first kappa shape index (κ1) is 13.4. The van der Waals surface area contributed by atoms with Gasteiger partial charge >= 0.3 is 111 Å². The van der Waals surface area contributed by atoms with Crippen LogP contribution in [0.1, 0.15) is 0 Å². The molecule has 0 bridgehead atoms. The van der Waals surface area contributed by atoms with Crippen LogP contribution in [0.2, 0.25) is 0 Å². The number of aliphatic carboxylic acids is 1. The summed E-state index contributed by atoms with van der Waals surface area (Å²) in [6.07, 6.45) is 0. The van der Waals surface area contributed by atoms with Crippen LogP contribution in [0.5, 0.6) is 0 Å². The third-order valence-electron chi connectivity index (χ3n) is 0.842. The van der Waals surface area contributed by atoms with Crippen LogP contribution in [-0.2, 0) is 75.9 Å². The van der Waals surface area contributed by atoms with Gasteiger partial charge in [-0.15, -0.1) is 0 Å². The van der Waals surface area contributed by atoms with E-state index in [1.165, 1.54) is 38.7 Å². The zero-order valence-electron chi connectivity index (χ0n) is 5.44. The van der Waals surface area contributed by atoms with E-state index < -0.39 is 5.97 Å². The van der Waals surface area contributed by atoms with Crippen molar-refractivity contribution in [3.05, 3.63) is 0 Å². The quantitative estimate of drug-likeness (QED) is 0.336. The van der Waals surface area contributed by atoms with Crippen LogP contribution in [0.3, 0.4) is 0 Å². The van der Waals surface area contributed by atoms with Crippen LogP contribution in [-0.4, -0.2) is 25.0 Å². The second-order valence-corrected chi connectivity index (χ2v) is 4.38. The fourth-order valence-corrected chi connectivity index (χ4v) is 1.47. The number of carbonyl (C=O) groups is 1. The Labute approximate surface area is 110 Å². The summed E-state index contributed by atoms with van der Waals surface area (Å²) in [5, 5.41) is 11.1. The number of amidine groups is 1. The summed E-state index contributed by atoms with van der Waals surface area (Å²) in [6, 6.07) is 0. The van der Waals surface area contributed by atoms with Crippen molar-refractivity contribution in [1.82, 2.24) is 5.32 Å². The van der Waals surface area contributed by atoms with E-state index in [2.05, 4.69) is 10.3 Å². The molecule has 0 fully saturated rings. The minimum absolute atomic E-state index is 0.0509. The molecule has 0 amide bonds. The molecule has 12 heavy (non-hydrogen) atoms. The molecule has 0 unspecified atom stereocenters. The second-order valence-electron chi connectivity index (χ2n) is 1.52. The standard InChI is InChI=1S/C4H2N2O2.4W/c7-4(8)3-5-1-2-6-3;;;;/h5H,(H,7,8);;;;.